The summed E-state index contributed by atoms with van der Waals surface area (Å²) in [6.45, 7) is 5.63. The van der Waals surface area contributed by atoms with Crippen molar-refractivity contribution in [3.63, 3.8) is 0 Å². The number of amides is 1. The van der Waals surface area contributed by atoms with Gasteiger partial charge in [0, 0.05) is 38.0 Å². The molecule has 1 aliphatic carbocycles. The van der Waals surface area contributed by atoms with Crippen molar-refractivity contribution in [3.8, 4) is 11.5 Å². The van der Waals surface area contributed by atoms with E-state index in [1.54, 1.807) is 14.2 Å². The van der Waals surface area contributed by atoms with E-state index in [0.717, 1.165) is 42.5 Å². The number of benzene rings is 1. The summed E-state index contributed by atoms with van der Waals surface area (Å²) in [4.78, 5) is 17.9. The standard InChI is InChI=1S/C26H40N2O3/c1-30-23-11-9-21(17-24(23)31-2)10-12-25(29)28-16-14-26(20-28)13-6-15-27(19-26)18-22-7-4-3-5-8-22/h9,11,17,22H,3-8,10,12-16,18-20H2,1-2H3. The van der Waals surface area contributed by atoms with E-state index in [-0.39, 0.29) is 0 Å². The molecule has 1 aromatic carbocycles. The monoisotopic (exact) mass is 428 g/mol. The average molecular weight is 429 g/mol. The third-order valence-electron chi connectivity index (χ3n) is 7.85. The molecule has 1 amide bonds. The van der Waals surface area contributed by atoms with Crippen molar-refractivity contribution in [1.82, 2.24) is 9.80 Å². The Balaban J connectivity index is 1.28. The van der Waals surface area contributed by atoms with Crippen LogP contribution < -0.4 is 9.47 Å². The maximum Gasteiger partial charge on any atom is 0.222 e. The second-order valence-electron chi connectivity index (χ2n) is 10.1. The Kier molecular flexibility index (Phi) is 7.42. The molecule has 0 aromatic heterocycles. The average Bonchev–Trinajstić information content (AvgIpc) is 3.21. The minimum absolute atomic E-state index is 0.302. The first-order valence-corrected chi connectivity index (χ1v) is 12.3. The van der Waals surface area contributed by atoms with Crippen LogP contribution in [0.5, 0.6) is 11.5 Å². The summed E-state index contributed by atoms with van der Waals surface area (Å²) in [7, 11) is 3.30. The number of rotatable bonds is 7. The Morgan fingerprint density at radius 2 is 1.81 bits per heavy atom. The number of carbonyl (C=O) groups excluding carboxylic acids is 1. The molecule has 3 aliphatic rings. The molecule has 5 heteroatoms. The fourth-order valence-electron chi connectivity index (χ4n) is 6.13. The topological polar surface area (TPSA) is 42.0 Å². The van der Waals surface area contributed by atoms with Crippen LogP contribution in [0.1, 0.15) is 63.4 Å². The summed E-state index contributed by atoms with van der Waals surface area (Å²) in [5.41, 5.74) is 1.46. The van der Waals surface area contributed by atoms with E-state index < -0.39 is 0 Å². The van der Waals surface area contributed by atoms with E-state index in [2.05, 4.69) is 9.80 Å². The highest BCUT2D eigenvalue weighted by molar-refractivity contribution is 5.77. The first-order valence-electron chi connectivity index (χ1n) is 12.3. The van der Waals surface area contributed by atoms with Crippen molar-refractivity contribution < 1.29 is 14.3 Å². The molecule has 1 spiro atoms. The smallest absolute Gasteiger partial charge is 0.222 e. The Labute approximate surface area is 188 Å². The molecule has 1 saturated carbocycles. The van der Waals surface area contributed by atoms with Crippen molar-refractivity contribution in [1.29, 1.82) is 0 Å². The molecule has 2 aliphatic heterocycles. The normalized spacial score (nSPS) is 25.2. The molecule has 172 valence electrons. The minimum Gasteiger partial charge on any atom is -0.493 e. The van der Waals surface area contributed by atoms with Crippen LogP contribution in [0.3, 0.4) is 0 Å². The van der Waals surface area contributed by atoms with Crippen molar-refractivity contribution in [2.75, 3.05) is 46.9 Å². The lowest BCUT2D eigenvalue weighted by atomic mass is 9.78. The van der Waals surface area contributed by atoms with E-state index in [1.165, 1.54) is 71.0 Å². The second-order valence-corrected chi connectivity index (χ2v) is 10.1. The Bertz CT molecular complexity index is 746. The zero-order valence-electron chi connectivity index (χ0n) is 19.5. The first-order chi connectivity index (χ1) is 15.1. The van der Waals surface area contributed by atoms with Gasteiger partial charge in [-0.05, 0) is 68.7 Å². The molecular weight excluding hydrogens is 388 g/mol. The Hall–Kier alpha value is -1.75. The molecule has 0 radical (unpaired) electrons. The van der Waals surface area contributed by atoms with Crippen LogP contribution in [0.25, 0.3) is 0 Å². The summed E-state index contributed by atoms with van der Waals surface area (Å²) in [6.07, 6.45) is 12.2. The molecule has 1 atom stereocenters. The molecule has 3 fully saturated rings. The van der Waals surface area contributed by atoms with Crippen LogP contribution in [0.2, 0.25) is 0 Å². The van der Waals surface area contributed by atoms with E-state index >= 15 is 0 Å². The number of nitrogens with zero attached hydrogens (tertiary/aromatic N) is 2. The number of methoxy groups -OCH3 is 2. The number of hydrogen-bond donors (Lipinski definition) is 0. The summed E-state index contributed by atoms with van der Waals surface area (Å²) in [5, 5.41) is 0. The number of likely N-dealkylation sites (tertiary alicyclic amines) is 2. The van der Waals surface area contributed by atoms with E-state index in [1.807, 2.05) is 18.2 Å². The molecule has 1 aromatic rings. The fraction of sp³-hybridized carbons (Fsp3) is 0.731. The zero-order chi connectivity index (χ0) is 21.7. The van der Waals surface area contributed by atoms with E-state index in [4.69, 9.17) is 9.47 Å². The van der Waals surface area contributed by atoms with Crippen LogP contribution in [0.4, 0.5) is 0 Å². The molecule has 0 N–H and O–H groups in total. The number of ether oxygens (including phenoxy) is 2. The lowest BCUT2D eigenvalue weighted by molar-refractivity contribution is -0.130. The molecule has 4 rings (SSSR count). The third kappa shape index (κ3) is 5.54. The van der Waals surface area contributed by atoms with E-state index in [0.29, 0.717) is 17.7 Å². The predicted molar refractivity (Wildman–Crippen MR) is 124 cm³/mol. The predicted octanol–water partition coefficient (Wildman–Crippen LogP) is 4.53. The van der Waals surface area contributed by atoms with Crippen LogP contribution >= 0.6 is 0 Å². The maximum absolute atomic E-state index is 13.0. The van der Waals surface area contributed by atoms with Gasteiger partial charge in [0.05, 0.1) is 14.2 Å². The molecule has 1 unspecified atom stereocenters. The van der Waals surface area contributed by atoms with E-state index in [9.17, 15) is 4.79 Å². The van der Waals surface area contributed by atoms with Gasteiger partial charge >= 0.3 is 0 Å². The van der Waals surface area contributed by atoms with Crippen molar-refractivity contribution in [3.05, 3.63) is 23.8 Å². The summed E-state index contributed by atoms with van der Waals surface area (Å²) in [5.74, 6) is 2.67. The van der Waals surface area contributed by atoms with Crippen molar-refractivity contribution >= 4 is 5.91 Å². The van der Waals surface area contributed by atoms with Crippen molar-refractivity contribution in [2.24, 2.45) is 11.3 Å². The highest BCUT2D eigenvalue weighted by Gasteiger charge is 2.42. The first kappa shape index (κ1) is 22.4. The molecule has 5 nitrogen and oxygen atoms in total. The van der Waals surface area contributed by atoms with Crippen LogP contribution in [-0.4, -0.2) is 62.7 Å². The summed E-state index contributed by atoms with van der Waals surface area (Å²) < 4.78 is 10.7. The summed E-state index contributed by atoms with van der Waals surface area (Å²) in [6, 6.07) is 5.94. The third-order valence-corrected chi connectivity index (χ3v) is 7.85. The van der Waals surface area contributed by atoms with Gasteiger partial charge in [-0.3, -0.25) is 4.79 Å². The summed E-state index contributed by atoms with van der Waals surface area (Å²) >= 11 is 0. The SMILES string of the molecule is COc1ccc(CCC(=O)N2CCC3(CCCN(CC4CCCCC4)C3)C2)cc1OC. The Morgan fingerprint density at radius 3 is 2.58 bits per heavy atom. The van der Waals surface area contributed by atoms with Gasteiger partial charge in [-0.15, -0.1) is 0 Å². The molecular formula is C26H40N2O3. The quantitative estimate of drug-likeness (QED) is 0.640. The minimum atomic E-state index is 0.302. The number of hydrogen-bond acceptors (Lipinski definition) is 4. The maximum atomic E-state index is 13.0. The molecule has 2 saturated heterocycles. The van der Waals surface area contributed by atoms with Crippen LogP contribution in [-0.2, 0) is 11.2 Å². The van der Waals surface area contributed by atoms with Gasteiger partial charge in [0.15, 0.2) is 11.5 Å². The lowest BCUT2D eigenvalue weighted by Crippen LogP contribution is -2.47. The van der Waals surface area contributed by atoms with Gasteiger partial charge in [0.2, 0.25) is 5.91 Å². The van der Waals surface area contributed by atoms with Crippen molar-refractivity contribution in [2.45, 2.75) is 64.2 Å². The largest absolute Gasteiger partial charge is 0.493 e. The zero-order valence-corrected chi connectivity index (χ0v) is 19.5. The molecule has 31 heavy (non-hydrogen) atoms. The molecule has 0 bridgehead atoms. The highest BCUT2D eigenvalue weighted by atomic mass is 16.5. The lowest BCUT2D eigenvalue weighted by Gasteiger charge is -2.42. The molecule has 2 heterocycles. The highest BCUT2D eigenvalue weighted by Crippen LogP contribution is 2.40. The second kappa shape index (κ2) is 10.2. The van der Waals surface area contributed by atoms with Crippen LogP contribution in [0, 0.1) is 11.3 Å². The van der Waals surface area contributed by atoms with Gasteiger partial charge in [-0.25, -0.2) is 0 Å². The number of piperidine rings is 1. The van der Waals surface area contributed by atoms with Gasteiger partial charge in [-0.2, -0.15) is 0 Å². The Morgan fingerprint density at radius 1 is 1.00 bits per heavy atom. The number of aryl methyl sites for hydroxylation is 1. The van der Waals surface area contributed by atoms with Crippen LogP contribution in [0.15, 0.2) is 18.2 Å². The van der Waals surface area contributed by atoms with Gasteiger partial charge in [0.25, 0.3) is 0 Å². The van der Waals surface area contributed by atoms with Gasteiger partial charge in [-0.1, -0.05) is 25.3 Å². The van der Waals surface area contributed by atoms with Gasteiger partial charge in [0.1, 0.15) is 0 Å². The van der Waals surface area contributed by atoms with Gasteiger partial charge < -0.3 is 19.3 Å². The number of carbonyl (C=O) groups is 1. The fourth-order valence-corrected chi connectivity index (χ4v) is 6.13.